The van der Waals surface area contributed by atoms with Gasteiger partial charge >= 0.3 is 6.18 Å². The Morgan fingerprint density at radius 2 is 1.84 bits per heavy atom. The molecule has 0 bridgehead atoms. The Bertz CT molecular complexity index is 1120. The van der Waals surface area contributed by atoms with Crippen molar-refractivity contribution in [2.24, 2.45) is 0 Å². The SMILES string of the molecule is CC(Sc1nnc(-c2cccc(Cl)c2)n1-c1ccc(Cl)c(C(F)(F)F)c1)C(=O)N(C)C. The Morgan fingerprint density at radius 3 is 2.45 bits per heavy atom. The molecule has 0 aliphatic heterocycles. The van der Waals surface area contributed by atoms with Gasteiger partial charge in [0.2, 0.25) is 5.91 Å². The summed E-state index contributed by atoms with van der Waals surface area (Å²) in [5.74, 6) is 0.112. The molecule has 11 heteroatoms. The summed E-state index contributed by atoms with van der Waals surface area (Å²) in [5, 5.41) is 8.04. The number of thioether (sulfide) groups is 1. The number of nitrogens with zero attached hydrogens (tertiary/aromatic N) is 4. The fourth-order valence-electron chi connectivity index (χ4n) is 2.84. The molecule has 1 atom stereocenters. The maximum absolute atomic E-state index is 13.5. The largest absolute Gasteiger partial charge is 0.417 e. The molecule has 0 aliphatic carbocycles. The zero-order valence-corrected chi connectivity index (χ0v) is 18.9. The molecule has 5 nitrogen and oxygen atoms in total. The van der Waals surface area contributed by atoms with Gasteiger partial charge in [-0.2, -0.15) is 13.2 Å². The second-order valence-corrected chi connectivity index (χ2v) is 8.96. The summed E-state index contributed by atoms with van der Waals surface area (Å²) in [6, 6.07) is 10.3. The molecule has 0 N–H and O–H groups in total. The molecule has 0 spiro atoms. The molecular formula is C20H17Cl2F3N4OS. The van der Waals surface area contributed by atoms with Crippen LogP contribution in [0.1, 0.15) is 12.5 Å². The lowest BCUT2D eigenvalue weighted by Gasteiger charge is -2.18. The van der Waals surface area contributed by atoms with E-state index in [1.807, 2.05) is 0 Å². The minimum Gasteiger partial charge on any atom is -0.348 e. The number of hydrogen-bond donors (Lipinski definition) is 0. The van der Waals surface area contributed by atoms with Crippen molar-refractivity contribution in [2.45, 2.75) is 23.5 Å². The summed E-state index contributed by atoms with van der Waals surface area (Å²) >= 11 is 13.0. The van der Waals surface area contributed by atoms with Crippen LogP contribution in [0.5, 0.6) is 0 Å². The van der Waals surface area contributed by atoms with E-state index in [-0.39, 0.29) is 22.6 Å². The third kappa shape index (κ3) is 5.16. The minimum absolute atomic E-state index is 0.156. The first-order valence-corrected chi connectivity index (χ1v) is 10.6. The van der Waals surface area contributed by atoms with Crippen molar-refractivity contribution >= 4 is 40.9 Å². The maximum atomic E-state index is 13.5. The van der Waals surface area contributed by atoms with Crippen molar-refractivity contribution in [3.05, 3.63) is 58.1 Å². The Morgan fingerprint density at radius 1 is 1.13 bits per heavy atom. The second kappa shape index (κ2) is 9.10. The first kappa shape index (κ1) is 23.4. The standard InChI is InChI=1S/C20H17Cl2F3N4OS/c1-11(18(30)28(2)3)31-19-27-26-17(12-5-4-6-13(21)9-12)29(19)14-7-8-16(22)15(10-14)20(23,24)25/h4-11H,1-3H3. The highest BCUT2D eigenvalue weighted by Gasteiger charge is 2.34. The molecule has 1 unspecified atom stereocenters. The summed E-state index contributed by atoms with van der Waals surface area (Å²) in [6.45, 7) is 1.69. The average molecular weight is 489 g/mol. The number of aromatic nitrogens is 3. The molecule has 164 valence electrons. The number of benzene rings is 2. The first-order chi connectivity index (χ1) is 14.5. The minimum atomic E-state index is -4.64. The third-order valence-electron chi connectivity index (χ3n) is 4.30. The van der Waals surface area contributed by atoms with Crippen molar-refractivity contribution in [3.8, 4) is 17.1 Å². The van der Waals surface area contributed by atoms with Crippen LogP contribution in [0.3, 0.4) is 0 Å². The van der Waals surface area contributed by atoms with Crippen LogP contribution in [0.4, 0.5) is 13.2 Å². The lowest BCUT2D eigenvalue weighted by atomic mass is 10.1. The first-order valence-electron chi connectivity index (χ1n) is 8.95. The molecule has 0 fully saturated rings. The average Bonchev–Trinajstić information content (AvgIpc) is 3.10. The number of carbonyl (C=O) groups is 1. The van der Waals surface area contributed by atoms with Gasteiger partial charge in [0.25, 0.3) is 0 Å². The summed E-state index contributed by atoms with van der Waals surface area (Å²) in [7, 11) is 3.24. The fraction of sp³-hybridized carbons (Fsp3) is 0.250. The number of hydrogen-bond acceptors (Lipinski definition) is 4. The van der Waals surface area contributed by atoms with E-state index < -0.39 is 22.0 Å². The normalized spacial score (nSPS) is 12.6. The smallest absolute Gasteiger partial charge is 0.348 e. The number of carbonyl (C=O) groups excluding carboxylic acids is 1. The maximum Gasteiger partial charge on any atom is 0.417 e. The number of halogens is 5. The molecule has 0 aliphatic rings. The van der Waals surface area contributed by atoms with Crippen LogP contribution in [0, 0.1) is 0 Å². The van der Waals surface area contributed by atoms with Gasteiger partial charge in [-0.15, -0.1) is 10.2 Å². The molecule has 3 rings (SSSR count). The van der Waals surface area contributed by atoms with E-state index in [1.165, 1.54) is 21.6 Å². The van der Waals surface area contributed by atoms with E-state index >= 15 is 0 Å². The number of alkyl halides is 3. The molecule has 0 saturated carbocycles. The van der Waals surface area contributed by atoms with Crippen LogP contribution in [0.15, 0.2) is 47.6 Å². The van der Waals surface area contributed by atoms with E-state index in [9.17, 15) is 18.0 Å². The zero-order chi connectivity index (χ0) is 22.9. The van der Waals surface area contributed by atoms with Crippen molar-refractivity contribution in [2.75, 3.05) is 14.1 Å². The molecule has 1 amide bonds. The molecule has 1 heterocycles. The van der Waals surface area contributed by atoms with E-state index in [0.29, 0.717) is 10.6 Å². The van der Waals surface area contributed by atoms with Gasteiger partial charge in [0.05, 0.1) is 21.5 Å². The summed E-state index contributed by atoms with van der Waals surface area (Å²) in [6.07, 6.45) is -4.64. The predicted molar refractivity (Wildman–Crippen MR) is 116 cm³/mol. The van der Waals surface area contributed by atoms with Gasteiger partial charge in [-0.25, -0.2) is 0 Å². The Labute approximate surface area is 191 Å². The van der Waals surface area contributed by atoms with E-state index in [1.54, 1.807) is 45.3 Å². The van der Waals surface area contributed by atoms with E-state index in [0.717, 1.165) is 17.8 Å². The fourth-order valence-corrected chi connectivity index (χ4v) is 4.26. The van der Waals surface area contributed by atoms with Crippen molar-refractivity contribution < 1.29 is 18.0 Å². The van der Waals surface area contributed by atoms with Crippen LogP contribution in [0.2, 0.25) is 10.0 Å². The summed E-state index contributed by atoms with van der Waals surface area (Å²) in [4.78, 5) is 13.7. The zero-order valence-electron chi connectivity index (χ0n) is 16.6. The van der Waals surface area contributed by atoms with Gasteiger partial charge in [0.15, 0.2) is 11.0 Å². The van der Waals surface area contributed by atoms with Gasteiger partial charge < -0.3 is 4.90 Å². The van der Waals surface area contributed by atoms with Crippen LogP contribution in [-0.4, -0.2) is 44.9 Å². The molecular weight excluding hydrogens is 472 g/mol. The lowest BCUT2D eigenvalue weighted by molar-refractivity contribution is -0.137. The number of amides is 1. The van der Waals surface area contributed by atoms with Crippen LogP contribution < -0.4 is 0 Å². The molecule has 0 saturated heterocycles. The number of rotatable bonds is 5. The van der Waals surface area contributed by atoms with Crippen molar-refractivity contribution in [1.82, 2.24) is 19.7 Å². The Kier molecular flexibility index (Phi) is 6.88. The van der Waals surface area contributed by atoms with Crippen LogP contribution in [0.25, 0.3) is 17.1 Å². The molecule has 3 aromatic rings. The van der Waals surface area contributed by atoms with Gasteiger partial charge in [-0.1, -0.05) is 47.1 Å². The Balaban J connectivity index is 2.18. The second-order valence-electron chi connectivity index (χ2n) is 6.81. The molecule has 31 heavy (non-hydrogen) atoms. The monoisotopic (exact) mass is 488 g/mol. The topological polar surface area (TPSA) is 51.0 Å². The van der Waals surface area contributed by atoms with Crippen LogP contribution >= 0.6 is 35.0 Å². The van der Waals surface area contributed by atoms with Gasteiger partial charge in [-0.3, -0.25) is 9.36 Å². The summed E-state index contributed by atoms with van der Waals surface area (Å²) in [5.41, 5.74) is -0.267. The highest BCUT2D eigenvalue weighted by atomic mass is 35.5. The molecule has 1 aromatic heterocycles. The van der Waals surface area contributed by atoms with Gasteiger partial charge in [-0.05, 0) is 37.3 Å². The highest BCUT2D eigenvalue weighted by molar-refractivity contribution is 8.00. The van der Waals surface area contributed by atoms with Crippen molar-refractivity contribution in [3.63, 3.8) is 0 Å². The lowest BCUT2D eigenvalue weighted by Crippen LogP contribution is -2.29. The van der Waals surface area contributed by atoms with Crippen LogP contribution in [-0.2, 0) is 11.0 Å². The molecule has 2 aromatic carbocycles. The highest BCUT2D eigenvalue weighted by Crippen LogP contribution is 2.38. The van der Waals surface area contributed by atoms with Gasteiger partial charge in [0, 0.05) is 24.7 Å². The van der Waals surface area contributed by atoms with E-state index in [2.05, 4.69) is 10.2 Å². The van der Waals surface area contributed by atoms with Crippen molar-refractivity contribution in [1.29, 1.82) is 0 Å². The van der Waals surface area contributed by atoms with Gasteiger partial charge in [0.1, 0.15) is 0 Å². The Hall–Kier alpha value is -2.23. The summed E-state index contributed by atoms with van der Waals surface area (Å²) < 4.78 is 41.8. The van der Waals surface area contributed by atoms with E-state index in [4.69, 9.17) is 23.2 Å². The quantitative estimate of drug-likeness (QED) is 0.424. The third-order valence-corrected chi connectivity index (χ3v) is 5.90. The predicted octanol–water partition coefficient (Wildman–Crippen LogP) is 5.83. The molecule has 0 radical (unpaired) electrons.